The Bertz CT molecular complexity index is 667. The molecule has 1 aromatic rings. The van der Waals surface area contributed by atoms with E-state index in [4.69, 9.17) is 16.3 Å². The van der Waals surface area contributed by atoms with Crippen molar-refractivity contribution in [2.24, 2.45) is 0 Å². The van der Waals surface area contributed by atoms with E-state index in [1.165, 1.54) is 0 Å². The molecule has 0 aliphatic carbocycles. The summed E-state index contributed by atoms with van der Waals surface area (Å²) in [5, 5.41) is 3.59. The van der Waals surface area contributed by atoms with Crippen LogP contribution in [0.5, 0.6) is 5.88 Å². The lowest BCUT2D eigenvalue weighted by molar-refractivity contribution is -0.120. The predicted molar refractivity (Wildman–Crippen MR) is 91.5 cm³/mol. The van der Waals surface area contributed by atoms with E-state index in [9.17, 15) is 9.59 Å². The van der Waals surface area contributed by atoms with Crippen LogP contribution in [0, 0.1) is 0 Å². The Hall–Kier alpha value is -2.02. The number of nitrogens with zero attached hydrogens (tertiary/aromatic N) is 3. The van der Waals surface area contributed by atoms with E-state index in [0.717, 1.165) is 19.3 Å². The largest absolute Gasteiger partial charge is 0.474 e. The van der Waals surface area contributed by atoms with E-state index in [0.29, 0.717) is 43.5 Å². The van der Waals surface area contributed by atoms with Crippen LogP contribution in [0.1, 0.15) is 25.7 Å². The molecule has 25 heavy (non-hydrogen) atoms. The molecule has 0 bridgehead atoms. The highest BCUT2D eigenvalue weighted by atomic mass is 35.5. The van der Waals surface area contributed by atoms with E-state index in [2.05, 4.69) is 10.3 Å². The molecule has 0 radical (unpaired) electrons. The summed E-state index contributed by atoms with van der Waals surface area (Å²) in [5.74, 6) is 0.664. The monoisotopic (exact) mass is 364 g/mol. The predicted octanol–water partition coefficient (Wildman–Crippen LogP) is 1.66. The molecule has 0 aromatic carbocycles. The molecule has 4 heterocycles. The third-order valence-electron chi connectivity index (χ3n) is 5.19. The topological polar surface area (TPSA) is 74.8 Å². The molecule has 3 saturated heterocycles. The summed E-state index contributed by atoms with van der Waals surface area (Å²) in [7, 11) is 0. The molecule has 1 spiro atoms. The van der Waals surface area contributed by atoms with Gasteiger partial charge in [0.2, 0.25) is 11.8 Å². The minimum Gasteiger partial charge on any atom is -0.474 e. The van der Waals surface area contributed by atoms with Crippen LogP contribution in [0.3, 0.4) is 0 Å². The average molecular weight is 365 g/mol. The van der Waals surface area contributed by atoms with Crippen molar-refractivity contribution in [2.75, 3.05) is 26.2 Å². The number of ether oxygens (including phenoxy) is 1. The highest BCUT2D eigenvalue weighted by molar-refractivity contribution is 6.30. The van der Waals surface area contributed by atoms with Crippen LogP contribution in [0.25, 0.3) is 0 Å². The van der Waals surface area contributed by atoms with Crippen molar-refractivity contribution in [3.05, 3.63) is 23.4 Å². The lowest BCUT2D eigenvalue weighted by Gasteiger charge is -2.49. The van der Waals surface area contributed by atoms with Gasteiger partial charge >= 0.3 is 6.03 Å². The molecule has 3 aliphatic rings. The Kier molecular flexibility index (Phi) is 4.19. The van der Waals surface area contributed by atoms with Crippen molar-refractivity contribution in [3.8, 4) is 5.88 Å². The summed E-state index contributed by atoms with van der Waals surface area (Å²) < 4.78 is 5.86. The van der Waals surface area contributed by atoms with Crippen LogP contribution >= 0.6 is 11.6 Å². The molecule has 8 heteroatoms. The van der Waals surface area contributed by atoms with Crippen LogP contribution in [0.2, 0.25) is 5.02 Å². The van der Waals surface area contributed by atoms with E-state index in [-0.39, 0.29) is 23.6 Å². The maximum Gasteiger partial charge on any atom is 0.320 e. The fourth-order valence-electron chi connectivity index (χ4n) is 3.80. The molecule has 1 aromatic heterocycles. The highest BCUT2D eigenvalue weighted by Gasteiger charge is 2.50. The molecule has 0 atom stereocenters. The number of nitrogens with one attached hydrogen (secondary N) is 1. The van der Waals surface area contributed by atoms with Gasteiger partial charge in [-0.2, -0.15) is 0 Å². The summed E-state index contributed by atoms with van der Waals surface area (Å²) in [6, 6.07) is 3.58. The van der Waals surface area contributed by atoms with Gasteiger partial charge in [0.15, 0.2) is 0 Å². The number of pyridine rings is 1. The normalized spacial score (nSPS) is 22.7. The number of likely N-dealkylation sites (tertiary alicyclic amines) is 2. The zero-order valence-electron chi connectivity index (χ0n) is 13.9. The molecule has 0 unspecified atom stereocenters. The van der Waals surface area contributed by atoms with Crippen molar-refractivity contribution < 1.29 is 14.3 Å². The average Bonchev–Trinajstić information content (AvgIpc) is 2.98. The molecule has 3 fully saturated rings. The van der Waals surface area contributed by atoms with Gasteiger partial charge in [0.1, 0.15) is 6.10 Å². The van der Waals surface area contributed by atoms with Crippen LogP contribution in [0.4, 0.5) is 4.79 Å². The van der Waals surface area contributed by atoms with Crippen molar-refractivity contribution in [1.82, 2.24) is 20.1 Å². The number of piperidine rings is 1. The van der Waals surface area contributed by atoms with Crippen molar-refractivity contribution in [3.63, 3.8) is 0 Å². The van der Waals surface area contributed by atoms with Gasteiger partial charge in [0.25, 0.3) is 0 Å². The summed E-state index contributed by atoms with van der Waals surface area (Å²) in [5.41, 5.74) is -0.158. The SMILES string of the molecule is O=C1CCC2(CN(C(=O)N3CCC(Oc4ccc(Cl)cn4)CC3)C2)N1. The smallest absolute Gasteiger partial charge is 0.320 e. The Labute approximate surface area is 151 Å². The van der Waals surface area contributed by atoms with E-state index in [1.54, 1.807) is 18.3 Å². The molecule has 7 nitrogen and oxygen atoms in total. The third-order valence-corrected chi connectivity index (χ3v) is 5.42. The maximum absolute atomic E-state index is 12.6. The quantitative estimate of drug-likeness (QED) is 0.866. The van der Waals surface area contributed by atoms with Crippen molar-refractivity contribution in [2.45, 2.75) is 37.3 Å². The van der Waals surface area contributed by atoms with Crippen LogP contribution < -0.4 is 10.1 Å². The molecule has 0 saturated carbocycles. The summed E-state index contributed by atoms with van der Waals surface area (Å²) in [4.78, 5) is 31.8. The summed E-state index contributed by atoms with van der Waals surface area (Å²) in [6.45, 7) is 2.60. The standard InChI is InChI=1S/C17H21ClN4O3/c18-12-1-2-15(19-9-12)25-13-4-7-21(8-5-13)16(24)22-10-17(11-22)6-3-14(23)20-17/h1-2,9,13H,3-8,10-11H2,(H,20,23). The number of hydrogen-bond donors (Lipinski definition) is 1. The third kappa shape index (κ3) is 3.38. The minimum absolute atomic E-state index is 0.0644. The lowest BCUT2D eigenvalue weighted by atomic mass is 9.88. The lowest BCUT2D eigenvalue weighted by Crippen LogP contribution is -2.70. The zero-order valence-corrected chi connectivity index (χ0v) is 14.7. The Balaban J connectivity index is 1.24. The van der Waals surface area contributed by atoms with Gasteiger partial charge in [-0.25, -0.2) is 9.78 Å². The second-order valence-electron chi connectivity index (χ2n) is 7.09. The maximum atomic E-state index is 12.6. The molecule has 3 amide bonds. The number of aromatic nitrogens is 1. The Morgan fingerprint density at radius 1 is 1.28 bits per heavy atom. The molecule has 134 valence electrons. The first-order chi connectivity index (χ1) is 12.0. The van der Waals surface area contributed by atoms with Crippen molar-refractivity contribution in [1.29, 1.82) is 0 Å². The van der Waals surface area contributed by atoms with Gasteiger partial charge in [0, 0.05) is 57.7 Å². The van der Waals surface area contributed by atoms with Crippen LogP contribution in [0.15, 0.2) is 18.3 Å². The summed E-state index contributed by atoms with van der Waals surface area (Å²) in [6.07, 6.45) is 4.60. The van der Waals surface area contributed by atoms with E-state index in [1.807, 2.05) is 9.80 Å². The number of halogens is 1. The first-order valence-electron chi connectivity index (χ1n) is 8.66. The summed E-state index contributed by atoms with van der Waals surface area (Å²) >= 11 is 5.82. The highest BCUT2D eigenvalue weighted by Crippen LogP contribution is 2.31. The van der Waals surface area contributed by atoms with Gasteiger partial charge in [-0.05, 0) is 12.5 Å². The molecule has 4 rings (SSSR count). The van der Waals surface area contributed by atoms with E-state index >= 15 is 0 Å². The van der Waals surface area contributed by atoms with Crippen LogP contribution in [-0.2, 0) is 4.79 Å². The minimum atomic E-state index is -0.158. The second-order valence-corrected chi connectivity index (χ2v) is 7.52. The fraction of sp³-hybridized carbons (Fsp3) is 0.588. The van der Waals surface area contributed by atoms with Gasteiger partial charge in [-0.15, -0.1) is 0 Å². The molecular formula is C17H21ClN4O3. The Morgan fingerprint density at radius 2 is 2.04 bits per heavy atom. The van der Waals surface area contributed by atoms with Gasteiger partial charge in [-0.3, -0.25) is 4.79 Å². The molecular weight excluding hydrogens is 344 g/mol. The van der Waals surface area contributed by atoms with Crippen LogP contribution in [-0.4, -0.2) is 64.5 Å². The number of rotatable bonds is 2. The molecule has 3 aliphatic heterocycles. The fourth-order valence-corrected chi connectivity index (χ4v) is 3.91. The van der Waals surface area contributed by atoms with Crippen molar-refractivity contribution >= 4 is 23.5 Å². The van der Waals surface area contributed by atoms with Gasteiger partial charge in [0.05, 0.1) is 10.6 Å². The first kappa shape index (κ1) is 16.4. The second kappa shape index (κ2) is 6.37. The Morgan fingerprint density at radius 3 is 2.64 bits per heavy atom. The first-order valence-corrected chi connectivity index (χ1v) is 9.04. The number of carbonyl (C=O) groups is 2. The number of hydrogen-bond acceptors (Lipinski definition) is 4. The number of amides is 3. The number of carbonyl (C=O) groups excluding carboxylic acids is 2. The zero-order chi connectivity index (χ0) is 17.4. The van der Waals surface area contributed by atoms with E-state index < -0.39 is 0 Å². The molecule has 1 N–H and O–H groups in total. The van der Waals surface area contributed by atoms with Gasteiger partial charge in [-0.1, -0.05) is 11.6 Å². The number of urea groups is 1. The van der Waals surface area contributed by atoms with Gasteiger partial charge < -0.3 is 19.9 Å².